The van der Waals surface area contributed by atoms with E-state index >= 15 is 0 Å². The molecule has 26 heavy (non-hydrogen) atoms. The first-order chi connectivity index (χ1) is 12.6. The molecule has 1 saturated heterocycles. The summed E-state index contributed by atoms with van der Waals surface area (Å²) in [7, 11) is 0. The molecule has 1 heterocycles. The van der Waals surface area contributed by atoms with Crippen LogP contribution in [0.2, 0.25) is 0 Å². The summed E-state index contributed by atoms with van der Waals surface area (Å²) in [6.45, 7) is 0. The zero-order valence-corrected chi connectivity index (χ0v) is 14.4. The van der Waals surface area contributed by atoms with Gasteiger partial charge < -0.3 is 15.2 Å². The monoisotopic (exact) mass is 351 g/mol. The second-order valence-corrected chi connectivity index (χ2v) is 7.05. The number of aliphatic hydroxyl groups excluding tert-OH is 1. The number of fused-ring (bicyclic) bond motifs is 1. The number of nitrogens with one attached hydrogen (secondary N) is 1. The molecule has 1 aliphatic carbocycles. The summed E-state index contributed by atoms with van der Waals surface area (Å²) in [5.74, 6) is -0.698. The summed E-state index contributed by atoms with van der Waals surface area (Å²) in [5.41, 5.74) is 1.68. The molecule has 2 aliphatic rings. The summed E-state index contributed by atoms with van der Waals surface area (Å²) >= 11 is 0. The predicted molar refractivity (Wildman–Crippen MR) is 95.2 cm³/mol. The third-order valence-electron chi connectivity index (χ3n) is 5.28. The maximum Gasteiger partial charge on any atom is 0.307 e. The molecular weight excluding hydrogens is 330 g/mol. The van der Waals surface area contributed by atoms with E-state index in [1.807, 2.05) is 54.6 Å². The second kappa shape index (κ2) is 6.57. The van der Waals surface area contributed by atoms with Crippen LogP contribution in [0.1, 0.15) is 35.6 Å². The van der Waals surface area contributed by atoms with Crippen LogP contribution in [0, 0.1) is 0 Å². The van der Waals surface area contributed by atoms with Gasteiger partial charge in [-0.3, -0.25) is 9.59 Å². The van der Waals surface area contributed by atoms with Gasteiger partial charge in [0, 0.05) is 25.7 Å². The molecular formula is C21H21NO4. The molecule has 2 N–H and O–H groups in total. The first-order valence-electron chi connectivity index (χ1n) is 8.90. The van der Waals surface area contributed by atoms with Crippen LogP contribution < -0.4 is 5.32 Å². The topological polar surface area (TPSA) is 75.6 Å². The van der Waals surface area contributed by atoms with E-state index in [0.29, 0.717) is 19.3 Å². The second-order valence-electron chi connectivity index (χ2n) is 7.05. The molecule has 2 aromatic carbocycles. The molecule has 0 bridgehead atoms. The van der Waals surface area contributed by atoms with Gasteiger partial charge in [0.15, 0.2) is 5.60 Å². The van der Waals surface area contributed by atoms with Gasteiger partial charge >= 0.3 is 5.97 Å². The van der Waals surface area contributed by atoms with Crippen molar-refractivity contribution in [1.29, 1.82) is 0 Å². The van der Waals surface area contributed by atoms with Crippen molar-refractivity contribution in [3.63, 3.8) is 0 Å². The van der Waals surface area contributed by atoms with Crippen LogP contribution >= 0.6 is 0 Å². The van der Waals surface area contributed by atoms with Crippen LogP contribution in [0.15, 0.2) is 54.6 Å². The highest BCUT2D eigenvalue weighted by Gasteiger charge is 2.48. The molecule has 1 fully saturated rings. The molecule has 0 saturated carbocycles. The van der Waals surface area contributed by atoms with Crippen LogP contribution in [0.4, 0.5) is 0 Å². The lowest BCUT2D eigenvalue weighted by Crippen LogP contribution is -2.50. The quantitative estimate of drug-likeness (QED) is 0.827. The number of cyclic esters (lactones) is 1. The maximum atomic E-state index is 13.1. The van der Waals surface area contributed by atoms with Crippen molar-refractivity contribution in [3.05, 3.63) is 71.3 Å². The van der Waals surface area contributed by atoms with Crippen LogP contribution in [0.25, 0.3) is 0 Å². The van der Waals surface area contributed by atoms with Crippen molar-refractivity contribution in [2.75, 3.05) is 0 Å². The fraction of sp³-hybridized carbons (Fsp3) is 0.333. The van der Waals surface area contributed by atoms with Crippen LogP contribution in [-0.2, 0) is 27.2 Å². The predicted octanol–water partition coefficient (Wildman–Crippen LogP) is 2.08. The summed E-state index contributed by atoms with van der Waals surface area (Å²) in [4.78, 5) is 24.9. The average molecular weight is 351 g/mol. The van der Waals surface area contributed by atoms with E-state index < -0.39 is 17.7 Å². The Bertz CT molecular complexity index is 835. The number of hydrogen-bond acceptors (Lipinski definition) is 4. The van der Waals surface area contributed by atoms with Crippen LogP contribution in [0.5, 0.6) is 0 Å². The third-order valence-corrected chi connectivity index (χ3v) is 5.28. The lowest BCUT2D eigenvalue weighted by molar-refractivity contribution is -0.159. The minimum absolute atomic E-state index is 0.226. The van der Waals surface area contributed by atoms with Gasteiger partial charge in [-0.05, 0) is 16.7 Å². The number of rotatable bonds is 4. The lowest BCUT2D eigenvalue weighted by Gasteiger charge is -2.29. The van der Waals surface area contributed by atoms with E-state index in [4.69, 9.17) is 4.74 Å². The molecule has 134 valence electrons. The Labute approximate surface area is 152 Å². The summed E-state index contributed by atoms with van der Waals surface area (Å²) in [5, 5.41) is 13.3. The van der Waals surface area contributed by atoms with Crippen molar-refractivity contribution in [2.45, 2.75) is 43.4 Å². The molecule has 4 rings (SSSR count). The van der Waals surface area contributed by atoms with Crippen molar-refractivity contribution in [1.82, 2.24) is 5.32 Å². The fourth-order valence-corrected chi connectivity index (χ4v) is 3.93. The molecule has 2 aromatic rings. The number of ether oxygens (including phenoxy) is 1. The number of amides is 1. The highest BCUT2D eigenvalue weighted by Crippen LogP contribution is 2.35. The highest BCUT2D eigenvalue weighted by molar-refractivity contribution is 5.91. The summed E-state index contributed by atoms with van der Waals surface area (Å²) < 4.78 is 5.52. The van der Waals surface area contributed by atoms with Crippen LogP contribution in [0.3, 0.4) is 0 Å². The van der Waals surface area contributed by atoms with Gasteiger partial charge in [0.25, 0.3) is 5.91 Å². The highest BCUT2D eigenvalue weighted by atomic mass is 16.6. The molecule has 1 amide bonds. The molecule has 0 radical (unpaired) electrons. The van der Waals surface area contributed by atoms with E-state index in [2.05, 4.69) is 5.32 Å². The van der Waals surface area contributed by atoms with Gasteiger partial charge in [0.1, 0.15) is 0 Å². The Hall–Kier alpha value is -2.66. The van der Waals surface area contributed by atoms with E-state index in [1.165, 1.54) is 0 Å². The van der Waals surface area contributed by atoms with Crippen molar-refractivity contribution >= 4 is 11.9 Å². The molecule has 3 atom stereocenters. The first kappa shape index (κ1) is 16.8. The van der Waals surface area contributed by atoms with E-state index in [1.54, 1.807) is 0 Å². The standard InChI is InChI=1S/C21H21NO4/c23-17-12-15-8-4-5-9-16(15)19(17)22-20(25)21(11-10-18(24)26-21)13-14-6-2-1-3-7-14/h1-9,17,19,23H,10-13H2,(H,22,25)/t17-,19+,21-/m1/s1. The number of carbonyl (C=O) groups excluding carboxylic acids is 2. The van der Waals surface area contributed by atoms with Gasteiger partial charge in [0.05, 0.1) is 12.1 Å². The maximum absolute atomic E-state index is 13.1. The van der Waals surface area contributed by atoms with Crippen molar-refractivity contribution in [2.24, 2.45) is 0 Å². The minimum atomic E-state index is -1.21. The Kier molecular flexibility index (Phi) is 4.24. The third kappa shape index (κ3) is 2.99. The largest absolute Gasteiger partial charge is 0.449 e. The number of esters is 1. The smallest absolute Gasteiger partial charge is 0.307 e. The Morgan fingerprint density at radius 1 is 1.15 bits per heavy atom. The van der Waals surface area contributed by atoms with Gasteiger partial charge in [-0.25, -0.2) is 0 Å². The molecule has 5 nitrogen and oxygen atoms in total. The van der Waals surface area contributed by atoms with Gasteiger partial charge in [-0.15, -0.1) is 0 Å². The van der Waals surface area contributed by atoms with E-state index in [0.717, 1.165) is 16.7 Å². The number of aliphatic hydroxyl groups is 1. The average Bonchev–Trinajstić information content (AvgIpc) is 3.17. The lowest BCUT2D eigenvalue weighted by atomic mass is 9.90. The Balaban J connectivity index is 1.59. The van der Waals surface area contributed by atoms with Crippen molar-refractivity contribution in [3.8, 4) is 0 Å². The number of carbonyl (C=O) groups is 2. The minimum Gasteiger partial charge on any atom is -0.449 e. The van der Waals surface area contributed by atoms with Gasteiger partial charge in [0.2, 0.25) is 0 Å². The van der Waals surface area contributed by atoms with Crippen molar-refractivity contribution < 1.29 is 19.4 Å². The molecule has 5 heteroatoms. The zero-order chi connectivity index (χ0) is 18.1. The van der Waals surface area contributed by atoms with E-state index in [9.17, 15) is 14.7 Å². The summed E-state index contributed by atoms with van der Waals surface area (Å²) in [6, 6.07) is 16.7. The number of hydrogen-bond donors (Lipinski definition) is 2. The van der Waals surface area contributed by atoms with E-state index in [-0.39, 0.29) is 18.3 Å². The summed E-state index contributed by atoms with van der Waals surface area (Å²) in [6.07, 6.45) is 0.728. The number of benzene rings is 2. The molecule has 0 unspecified atom stereocenters. The molecule has 1 aliphatic heterocycles. The van der Waals surface area contributed by atoms with Crippen LogP contribution in [-0.4, -0.2) is 28.7 Å². The molecule has 0 aromatic heterocycles. The zero-order valence-electron chi connectivity index (χ0n) is 14.4. The van der Waals surface area contributed by atoms with Gasteiger partial charge in [-0.1, -0.05) is 54.6 Å². The fourth-order valence-electron chi connectivity index (χ4n) is 3.93. The Morgan fingerprint density at radius 2 is 1.88 bits per heavy atom. The Morgan fingerprint density at radius 3 is 2.62 bits per heavy atom. The SMILES string of the molecule is O=C1CC[C@@](Cc2ccccc2)(C(=O)N[C@H]2c3ccccc3C[C@H]2O)O1. The normalized spacial score (nSPS) is 27.0. The van der Waals surface area contributed by atoms with Gasteiger partial charge in [-0.2, -0.15) is 0 Å². The first-order valence-corrected chi connectivity index (χ1v) is 8.90. The molecule has 0 spiro atoms.